The molecule has 1 aromatic heterocycles. The molecule has 15 heavy (non-hydrogen) atoms. The van der Waals surface area contributed by atoms with Gasteiger partial charge in [0, 0.05) is 24.5 Å². The van der Waals surface area contributed by atoms with Gasteiger partial charge in [0.05, 0.1) is 0 Å². The SMILES string of the molecule is c1csc(CNCCN2CCCCC2)c1. The molecule has 84 valence electrons. The fourth-order valence-electron chi connectivity index (χ4n) is 2.04. The Morgan fingerprint density at radius 1 is 1.27 bits per heavy atom. The summed E-state index contributed by atoms with van der Waals surface area (Å²) in [6, 6.07) is 4.31. The molecule has 1 aromatic rings. The minimum absolute atomic E-state index is 1.03. The van der Waals surface area contributed by atoms with E-state index in [2.05, 4.69) is 27.7 Å². The van der Waals surface area contributed by atoms with Crippen molar-refractivity contribution >= 4 is 11.3 Å². The average Bonchev–Trinajstić information content (AvgIpc) is 2.79. The van der Waals surface area contributed by atoms with Crippen LogP contribution in [-0.2, 0) is 6.54 Å². The van der Waals surface area contributed by atoms with Gasteiger partial charge < -0.3 is 10.2 Å². The smallest absolute Gasteiger partial charge is 0.0300 e. The Morgan fingerprint density at radius 2 is 2.13 bits per heavy atom. The minimum Gasteiger partial charge on any atom is -0.311 e. The molecule has 1 aliphatic rings. The van der Waals surface area contributed by atoms with Gasteiger partial charge in [-0.3, -0.25) is 0 Å². The molecule has 2 nitrogen and oxygen atoms in total. The van der Waals surface area contributed by atoms with E-state index in [1.807, 2.05) is 11.3 Å². The summed E-state index contributed by atoms with van der Waals surface area (Å²) in [6.07, 6.45) is 4.22. The second-order valence-corrected chi connectivity index (χ2v) is 5.19. The molecule has 1 aliphatic heterocycles. The van der Waals surface area contributed by atoms with Gasteiger partial charge in [-0.25, -0.2) is 0 Å². The first-order valence-corrected chi connectivity index (χ1v) is 6.78. The second-order valence-electron chi connectivity index (χ2n) is 4.16. The summed E-state index contributed by atoms with van der Waals surface area (Å²) in [5.74, 6) is 0. The Balaban J connectivity index is 1.54. The topological polar surface area (TPSA) is 15.3 Å². The third-order valence-corrected chi connectivity index (χ3v) is 3.81. The number of hydrogen-bond donors (Lipinski definition) is 1. The fourth-order valence-corrected chi connectivity index (χ4v) is 2.72. The monoisotopic (exact) mass is 224 g/mol. The van der Waals surface area contributed by atoms with Crippen molar-refractivity contribution in [2.75, 3.05) is 26.2 Å². The molecule has 0 radical (unpaired) electrons. The zero-order valence-electron chi connectivity index (χ0n) is 9.24. The predicted molar refractivity (Wildman–Crippen MR) is 66.3 cm³/mol. The maximum atomic E-state index is 3.50. The Bertz CT molecular complexity index is 253. The quantitative estimate of drug-likeness (QED) is 0.772. The van der Waals surface area contributed by atoms with Crippen LogP contribution in [0.2, 0.25) is 0 Å². The van der Waals surface area contributed by atoms with E-state index in [9.17, 15) is 0 Å². The molecule has 0 aliphatic carbocycles. The number of hydrogen-bond acceptors (Lipinski definition) is 3. The van der Waals surface area contributed by atoms with Crippen LogP contribution < -0.4 is 5.32 Å². The summed E-state index contributed by atoms with van der Waals surface area (Å²) in [5.41, 5.74) is 0. The summed E-state index contributed by atoms with van der Waals surface area (Å²) in [6.45, 7) is 5.98. The number of nitrogens with zero attached hydrogens (tertiary/aromatic N) is 1. The van der Waals surface area contributed by atoms with Crippen molar-refractivity contribution in [2.24, 2.45) is 0 Å². The average molecular weight is 224 g/mol. The van der Waals surface area contributed by atoms with Gasteiger partial charge in [-0.1, -0.05) is 12.5 Å². The molecule has 0 unspecified atom stereocenters. The first kappa shape index (κ1) is 11.1. The van der Waals surface area contributed by atoms with Crippen molar-refractivity contribution in [3.05, 3.63) is 22.4 Å². The van der Waals surface area contributed by atoms with E-state index in [-0.39, 0.29) is 0 Å². The number of rotatable bonds is 5. The number of nitrogens with one attached hydrogen (secondary N) is 1. The largest absolute Gasteiger partial charge is 0.311 e. The Kier molecular flexibility index (Phi) is 4.64. The number of thiophene rings is 1. The summed E-state index contributed by atoms with van der Waals surface area (Å²) >= 11 is 1.83. The third-order valence-electron chi connectivity index (χ3n) is 2.93. The fraction of sp³-hybridized carbons (Fsp3) is 0.667. The Hall–Kier alpha value is -0.380. The van der Waals surface area contributed by atoms with Crippen molar-refractivity contribution < 1.29 is 0 Å². The molecule has 1 saturated heterocycles. The lowest BCUT2D eigenvalue weighted by Gasteiger charge is -2.26. The van der Waals surface area contributed by atoms with E-state index in [1.165, 1.54) is 43.8 Å². The summed E-state index contributed by atoms with van der Waals surface area (Å²) in [5, 5.41) is 5.64. The summed E-state index contributed by atoms with van der Waals surface area (Å²) in [4.78, 5) is 4.01. The second kappa shape index (κ2) is 6.26. The van der Waals surface area contributed by atoms with E-state index in [4.69, 9.17) is 0 Å². The van der Waals surface area contributed by atoms with Crippen molar-refractivity contribution in [3.8, 4) is 0 Å². The van der Waals surface area contributed by atoms with E-state index < -0.39 is 0 Å². The molecule has 0 amide bonds. The molecule has 1 fully saturated rings. The van der Waals surface area contributed by atoms with Crippen LogP contribution in [0.4, 0.5) is 0 Å². The Labute approximate surface area is 96.3 Å². The molecule has 0 spiro atoms. The zero-order chi connectivity index (χ0) is 10.3. The van der Waals surface area contributed by atoms with Crippen molar-refractivity contribution in [3.63, 3.8) is 0 Å². The van der Waals surface area contributed by atoms with Crippen LogP contribution in [0.25, 0.3) is 0 Å². The van der Waals surface area contributed by atoms with Crippen LogP contribution in [0.1, 0.15) is 24.1 Å². The van der Waals surface area contributed by atoms with Crippen molar-refractivity contribution in [1.82, 2.24) is 10.2 Å². The standard InChI is InChI=1S/C12H20N2S/c1-2-7-14(8-3-1)9-6-13-11-12-5-4-10-15-12/h4-5,10,13H,1-3,6-9,11H2. The van der Waals surface area contributed by atoms with Crippen LogP contribution in [0.15, 0.2) is 17.5 Å². The highest BCUT2D eigenvalue weighted by Gasteiger charge is 2.08. The molecule has 0 bridgehead atoms. The van der Waals surface area contributed by atoms with Gasteiger partial charge in [-0.15, -0.1) is 11.3 Å². The van der Waals surface area contributed by atoms with Crippen molar-refractivity contribution in [1.29, 1.82) is 0 Å². The van der Waals surface area contributed by atoms with E-state index >= 15 is 0 Å². The normalized spacial score (nSPS) is 18.1. The highest BCUT2D eigenvalue weighted by atomic mass is 32.1. The molecule has 0 atom stereocenters. The van der Waals surface area contributed by atoms with Crippen LogP contribution in [-0.4, -0.2) is 31.1 Å². The lowest BCUT2D eigenvalue weighted by atomic mass is 10.1. The van der Waals surface area contributed by atoms with Crippen LogP contribution in [0, 0.1) is 0 Å². The highest BCUT2D eigenvalue weighted by Crippen LogP contribution is 2.08. The lowest BCUT2D eigenvalue weighted by molar-refractivity contribution is 0.229. The van der Waals surface area contributed by atoms with Gasteiger partial charge in [-0.2, -0.15) is 0 Å². The molecule has 1 N–H and O–H groups in total. The molecular formula is C12H20N2S. The third kappa shape index (κ3) is 3.93. The molecule has 0 aromatic carbocycles. The lowest BCUT2D eigenvalue weighted by Crippen LogP contribution is -2.35. The summed E-state index contributed by atoms with van der Waals surface area (Å²) in [7, 11) is 0. The van der Waals surface area contributed by atoms with Gasteiger partial charge in [0.1, 0.15) is 0 Å². The first-order chi connectivity index (χ1) is 7.45. The van der Waals surface area contributed by atoms with Gasteiger partial charge in [0.2, 0.25) is 0 Å². The van der Waals surface area contributed by atoms with E-state index in [1.54, 1.807) is 0 Å². The Morgan fingerprint density at radius 3 is 2.87 bits per heavy atom. The van der Waals surface area contributed by atoms with Gasteiger partial charge in [0.25, 0.3) is 0 Å². The number of piperidine rings is 1. The number of likely N-dealkylation sites (tertiary alicyclic amines) is 1. The van der Waals surface area contributed by atoms with E-state index in [0.717, 1.165) is 13.1 Å². The van der Waals surface area contributed by atoms with Crippen LogP contribution in [0.3, 0.4) is 0 Å². The summed E-state index contributed by atoms with van der Waals surface area (Å²) < 4.78 is 0. The van der Waals surface area contributed by atoms with Crippen LogP contribution in [0.5, 0.6) is 0 Å². The van der Waals surface area contributed by atoms with Gasteiger partial charge >= 0.3 is 0 Å². The minimum atomic E-state index is 1.03. The van der Waals surface area contributed by atoms with Gasteiger partial charge in [-0.05, 0) is 37.4 Å². The van der Waals surface area contributed by atoms with E-state index in [0.29, 0.717) is 0 Å². The molecule has 0 saturated carbocycles. The molecular weight excluding hydrogens is 204 g/mol. The first-order valence-electron chi connectivity index (χ1n) is 5.90. The highest BCUT2D eigenvalue weighted by molar-refractivity contribution is 7.09. The van der Waals surface area contributed by atoms with Gasteiger partial charge in [0.15, 0.2) is 0 Å². The maximum absolute atomic E-state index is 3.50. The molecule has 2 heterocycles. The maximum Gasteiger partial charge on any atom is 0.0300 e. The zero-order valence-corrected chi connectivity index (χ0v) is 10.1. The van der Waals surface area contributed by atoms with Crippen molar-refractivity contribution in [2.45, 2.75) is 25.8 Å². The molecule has 3 heteroatoms. The predicted octanol–water partition coefficient (Wildman–Crippen LogP) is 2.32. The molecule has 2 rings (SSSR count). The van der Waals surface area contributed by atoms with Crippen LogP contribution >= 0.6 is 11.3 Å².